The molecule has 0 bridgehead atoms. The molecular formula is C22H17F3N4O. The molecule has 1 aromatic carbocycles. The van der Waals surface area contributed by atoms with Crippen molar-refractivity contribution in [3.63, 3.8) is 0 Å². The minimum Gasteiger partial charge on any atom is -0.325 e. The molecule has 2 aromatic heterocycles. The summed E-state index contributed by atoms with van der Waals surface area (Å²) in [5.74, 6) is 5.69. The van der Waals surface area contributed by atoms with Gasteiger partial charge in [-0.3, -0.25) is 9.97 Å². The number of pyridine rings is 2. The van der Waals surface area contributed by atoms with E-state index in [1.807, 2.05) is 0 Å². The summed E-state index contributed by atoms with van der Waals surface area (Å²) in [6.45, 7) is 1.66. The predicted molar refractivity (Wildman–Crippen MR) is 106 cm³/mol. The molecule has 1 atom stereocenters. The number of halogens is 3. The Labute approximate surface area is 171 Å². The lowest BCUT2D eigenvalue weighted by Crippen LogP contribution is -2.34. The van der Waals surface area contributed by atoms with E-state index in [0.29, 0.717) is 22.5 Å². The molecule has 0 aliphatic heterocycles. The van der Waals surface area contributed by atoms with Gasteiger partial charge < -0.3 is 10.6 Å². The molecule has 8 heteroatoms. The van der Waals surface area contributed by atoms with Crippen molar-refractivity contribution in [3.05, 3.63) is 89.5 Å². The molecule has 0 saturated carbocycles. The summed E-state index contributed by atoms with van der Waals surface area (Å²) in [6.07, 6.45) is 0.121. The van der Waals surface area contributed by atoms with E-state index in [1.165, 1.54) is 24.5 Å². The van der Waals surface area contributed by atoms with E-state index in [2.05, 4.69) is 32.4 Å². The maximum absolute atomic E-state index is 12.9. The first-order chi connectivity index (χ1) is 14.4. The van der Waals surface area contributed by atoms with Gasteiger partial charge in [-0.15, -0.1) is 5.92 Å². The minimum absolute atomic E-state index is 0.424. The second kappa shape index (κ2) is 9.09. The molecule has 3 aromatic rings. The molecule has 5 nitrogen and oxygen atoms in total. The first-order valence-corrected chi connectivity index (χ1v) is 8.91. The molecular weight excluding hydrogens is 393 g/mol. The number of aromatic nitrogens is 2. The van der Waals surface area contributed by atoms with Gasteiger partial charge in [0, 0.05) is 18.0 Å². The van der Waals surface area contributed by atoms with E-state index in [4.69, 9.17) is 0 Å². The Morgan fingerprint density at radius 1 is 1.07 bits per heavy atom. The van der Waals surface area contributed by atoms with Gasteiger partial charge in [-0.05, 0) is 48.9 Å². The second-order valence-electron chi connectivity index (χ2n) is 6.20. The summed E-state index contributed by atoms with van der Waals surface area (Å²) in [5, 5.41) is 5.41. The van der Waals surface area contributed by atoms with Crippen LogP contribution in [0.1, 0.15) is 35.3 Å². The van der Waals surface area contributed by atoms with Crippen molar-refractivity contribution < 1.29 is 18.0 Å². The monoisotopic (exact) mass is 410 g/mol. The van der Waals surface area contributed by atoms with Crippen molar-refractivity contribution in [2.45, 2.75) is 19.1 Å². The number of alkyl halides is 3. The fourth-order valence-corrected chi connectivity index (χ4v) is 2.80. The van der Waals surface area contributed by atoms with Crippen LogP contribution < -0.4 is 10.6 Å². The average molecular weight is 410 g/mol. The number of hydrogen-bond acceptors (Lipinski definition) is 3. The SMILES string of the molecule is CC#Cc1cccnc1[C@@H](NC(=O)Nc1cccnc1)c1ccc(C(F)(F)F)cc1. The van der Waals surface area contributed by atoms with Crippen LogP contribution in [0.4, 0.5) is 23.7 Å². The Bertz CT molecular complexity index is 1070. The lowest BCUT2D eigenvalue weighted by Gasteiger charge is -2.21. The lowest BCUT2D eigenvalue weighted by atomic mass is 9.98. The highest BCUT2D eigenvalue weighted by Crippen LogP contribution is 2.31. The number of carbonyl (C=O) groups is 1. The number of urea groups is 1. The molecule has 3 rings (SSSR count). The summed E-state index contributed by atoms with van der Waals surface area (Å²) in [6, 6.07) is 9.94. The van der Waals surface area contributed by atoms with E-state index < -0.39 is 23.8 Å². The minimum atomic E-state index is -4.46. The van der Waals surface area contributed by atoms with Gasteiger partial charge in [-0.25, -0.2) is 4.79 Å². The van der Waals surface area contributed by atoms with Gasteiger partial charge in [0.05, 0.1) is 29.2 Å². The average Bonchev–Trinajstić information content (AvgIpc) is 2.73. The number of nitrogens with one attached hydrogen (secondary N) is 2. The summed E-state index contributed by atoms with van der Waals surface area (Å²) < 4.78 is 38.8. The van der Waals surface area contributed by atoms with Crippen LogP contribution in [0, 0.1) is 11.8 Å². The molecule has 2 N–H and O–H groups in total. The lowest BCUT2D eigenvalue weighted by molar-refractivity contribution is -0.137. The van der Waals surface area contributed by atoms with E-state index in [-0.39, 0.29) is 0 Å². The Morgan fingerprint density at radius 3 is 2.43 bits per heavy atom. The normalized spacial score (nSPS) is 11.7. The quantitative estimate of drug-likeness (QED) is 0.609. The van der Waals surface area contributed by atoms with E-state index in [1.54, 1.807) is 37.4 Å². The van der Waals surface area contributed by atoms with Crippen molar-refractivity contribution in [2.75, 3.05) is 5.32 Å². The molecule has 0 aliphatic carbocycles. The van der Waals surface area contributed by atoms with E-state index in [0.717, 1.165) is 12.1 Å². The zero-order valence-corrected chi connectivity index (χ0v) is 15.9. The molecule has 30 heavy (non-hydrogen) atoms. The fraction of sp³-hybridized carbons (Fsp3) is 0.136. The molecule has 0 saturated heterocycles. The largest absolute Gasteiger partial charge is 0.416 e. The standard InChI is InChI=1S/C22H17F3N4O/c1-2-5-15-6-3-13-27-19(15)20(16-8-10-17(11-9-16)22(23,24)25)29-21(30)28-18-7-4-12-26-14-18/h3-4,6-14,20H,1H3,(H2,28,29,30)/t20-/m0/s1. The third-order valence-electron chi connectivity index (χ3n) is 4.14. The molecule has 0 unspecified atom stereocenters. The first-order valence-electron chi connectivity index (χ1n) is 8.91. The topological polar surface area (TPSA) is 66.9 Å². The van der Waals surface area contributed by atoms with Crippen LogP contribution in [0.2, 0.25) is 0 Å². The van der Waals surface area contributed by atoms with Crippen LogP contribution in [0.15, 0.2) is 67.1 Å². The van der Waals surface area contributed by atoms with Gasteiger partial charge in [0.2, 0.25) is 0 Å². The number of hydrogen-bond donors (Lipinski definition) is 2. The number of amides is 2. The third-order valence-corrected chi connectivity index (χ3v) is 4.14. The van der Waals surface area contributed by atoms with Crippen molar-refractivity contribution in [1.82, 2.24) is 15.3 Å². The highest BCUT2D eigenvalue weighted by atomic mass is 19.4. The van der Waals surface area contributed by atoms with Crippen LogP contribution in [-0.2, 0) is 6.18 Å². The van der Waals surface area contributed by atoms with Crippen molar-refractivity contribution in [1.29, 1.82) is 0 Å². The van der Waals surface area contributed by atoms with E-state index in [9.17, 15) is 18.0 Å². The highest BCUT2D eigenvalue weighted by molar-refractivity contribution is 5.89. The first kappa shape index (κ1) is 20.9. The summed E-state index contributed by atoms with van der Waals surface area (Å²) in [5.41, 5.74) is 1.11. The van der Waals surface area contributed by atoms with Crippen molar-refractivity contribution in [2.24, 2.45) is 0 Å². The second-order valence-corrected chi connectivity index (χ2v) is 6.20. The van der Waals surface area contributed by atoms with Gasteiger partial charge in [-0.1, -0.05) is 18.1 Å². The van der Waals surface area contributed by atoms with Gasteiger partial charge in [0.25, 0.3) is 0 Å². The maximum atomic E-state index is 12.9. The highest BCUT2D eigenvalue weighted by Gasteiger charge is 2.30. The molecule has 0 fully saturated rings. The van der Waals surface area contributed by atoms with Gasteiger partial charge >= 0.3 is 12.2 Å². The molecule has 0 aliphatic rings. The van der Waals surface area contributed by atoms with Crippen LogP contribution in [0.25, 0.3) is 0 Å². The van der Waals surface area contributed by atoms with Crippen LogP contribution in [-0.4, -0.2) is 16.0 Å². The number of benzene rings is 1. The summed E-state index contributed by atoms with van der Waals surface area (Å²) in [7, 11) is 0. The zero-order valence-electron chi connectivity index (χ0n) is 15.9. The van der Waals surface area contributed by atoms with E-state index >= 15 is 0 Å². The van der Waals surface area contributed by atoms with Gasteiger partial charge in [-0.2, -0.15) is 13.2 Å². The third kappa shape index (κ3) is 5.14. The summed E-state index contributed by atoms with van der Waals surface area (Å²) in [4.78, 5) is 20.8. The van der Waals surface area contributed by atoms with Gasteiger partial charge in [0.1, 0.15) is 0 Å². The Balaban J connectivity index is 1.96. The molecule has 2 amide bonds. The Morgan fingerprint density at radius 2 is 1.80 bits per heavy atom. The van der Waals surface area contributed by atoms with Crippen molar-refractivity contribution in [3.8, 4) is 11.8 Å². The Hall–Kier alpha value is -3.86. The molecule has 2 heterocycles. The van der Waals surface area contributed by atoms with Crippen molar-refractivity contribution >= 4 is 11.7 Å². The number of carbonyl (C=O) groups excluding carboxylic acids is 1. The summed E-state index contributed by atoms with van der Waals surface area (Å²) >= 11 is 0. The zero-order chi connectivity index (χ0) is 21.6. The van der Waals surface area contributed by atoms with Crippen LogP contribution in [0.3, 0.4) is 0 Å². The predicted octanol–water partition coefficient (Wildman–Crippen LogP) is 4.78. The maximum Gasteiger partial charge on any atom is 0.416 e. The molecule has 152 valence electrons. The number of rotatable bonds is 4. The van der Waals surface area contributed by atoms with Crippen LogP contribution >= 0.6 is 0 Å². The van der Waals surface area contributed by atoms with Gasteiger partial charge in [0.15, 0.2) is 0 Å². The fourth-order valence-electron chi connectivity index (χ4n) is 2.80. The molecule has 0 spiro atoms. The van der Waals surface area contributed by atoms with Crippen LogP contribution in [0.5, 0.6) is 0 Å². The number of nitrogens with zero attached hydrogens (tertiary/aromatic N) is 2. The number of anilines is 1. The Kier molecular flexibility index (Phi) is 6.32. The molecule has 0 radical (unpaired) electrons. The smallest absolute Gasteiger partial charge is 0.325 e.